The lowest BCUT2D eigenvalue weighted by molar-refractivity contribution is 1.36. The summed E-state index contributed by atoms with van der Waals surface area (Å²) in [5.74, 6) is 0. The molecular formula is C10H15N. The maximum absolute atomic E-state index is 4.06. The predicted molar refractivity (Wildman–Crippen MR) is 52.1 cm³/mol. The molecular weight excluding hydrogens is 134 g/mol. The lowest BCUT2D eigenvalue weighted by Crippen LogP contribution is -1.93. The fraction of sp³-hybridized carbons (Fsp3) is 0.300. The van der Waals surface area contributed by atoms with Crippen molar-refractivity contribution < 1.29 is 0 Å². The van der Waals surface area contributed by atoms with Gasteiger partial charge in [0, 0.05) is 12.8 Å². The molecule has 0 N–H and O–H groups in total. The van der Waals surface area contributed by atoms with Crippen LogP contribution in [0, 0.1) is 0 Å². The molecule has 0 fully saturated rings. The third kappa shape index (κ3) is 3.56. The molecule has 0 unspecified atom stereocenters. The van der Waals surface area contributed by atoms with E-state index in [1.807, 2.05) is 19.1 Å². The Balaban J connectivity index is 4.38. The van der Waals surface area contributed by atoms with Gasteiger partial charge in [-0.25, -0.2) is 0 Å². The Morgan fingerprint density at radius 3 is 2.45 bits per heavy atom. The molecule has 0 heterocycles. The molecule has 11 heavy (non-hydrogen) atoms. The second-order valence-electron chi connectivity index (χ2n) is 2.20. The fourth-order valence-corrected chi connectivity index (χ4v) is 0.718. The van der Waals surface area contributed by atoms with Crippen LogP contribution >= 0.6 is 0 Å². The van der Waals surface area contributed by atoms with Crippen molar-refractivity contribution in [2.24, 2.45) is 4.99 Å². The zero-order valence-electron chi connectivity index (χ0n) is 7.30. The molecule has 0 spiro atoms. The molecule has 0 aromatic rings. The lowest BCUT2D eigenvalue weighted by Gasteiger charge is -1.97. The topological polar surface area (TPSA) is 12.4 Å². The van der Waals surface area contributed by atoms with Crippen LogP contribution in [-0.2, 0) is 0 Å². The van der Waals surface area contributed by atoms with Crippen molar-refractivity contribution in [3.63, 3.8) is 0 Å². The van der Waals surface area contributed by atoms with E-state index < -0.39 is 0 Å². The molecule has 1 heteroatoms. The zero-order valence-corrected chi connectivity index (χ0v) is 7.30. The van der Waals surface area contributed by atoms with Gasteiger partial charge in [0.15, 0.2) is 0 Å². The third-order valence-electron chi connectivity index (χ3n) is 1.48. The van der Waals surface area contributed by atoms with Gasteiger partial charge >= 0.3 is 0 Å². The zero-order chi connectivity index (χ0) is 8.69. The van der Waals surface area contributed by atoms with Gasteiger partial charge in [-0.1, -0.05) is 24.8 Å². The van der Waals surface area contributed by atoms with Crippen LogP contribution < -0.4 is 0 Å². The smallest absolute Gasteiger partial charge is 0.0382 e. The Kier molecular flexibility index (Phi) is 5.09. The molecule has 0 saturated heterocycles. The number of nitrogens with zero attached hydrogens (tertiary/aromatic N) is 1. The number of allylic oxidation sites excluding steroid dienone is 4. The third-order valence-corrected chi connectivity index (χ3v) is 1.48. The van der Waals surface area contributed by atoms with Crippen LogP contribution in [0.3, 0.4) is 0 Å². The quantitative estimate of drug-likeness (QED) is 0.331. The van der Waals surface area contributed by atoms with Crippen molar-refractivity contribution in [1.29, 1.82) is 0 Å². The molecule has 0 aliphatic heterocycles. The number of aliphatic imine (C=N–C) groups is 1. The van der Waals surface area contributed by atoms with Gasteiger partial charge in [-0.3, -0.25) is 4.99 Å². The van der Waals surface area contributed by atoms with E-state index >= 15 is 0 Å². The Morgan fingerprint density at radius 2 is 2.09 bits per heavy atom. The average molecular weight is 149 g/mol. The van der Waals surface area contributed by atoms with Gasteiger partial charge in [-0.2, -0.15) is 0 Å². The van der Waals surface area contributed by atoms with Crippen LogP contribution in [0.5, 0.6) is 0 Å². The molecule has 0 aromatic carbocycles. The van der Waals surface area contributed by atoms with Crippen LogP contribution in [0.1, 0.15) is 13.3 Å². The molecule has 60 valence electrons. The van der Waals surface area contributed by atoms with E-state index in [0.29, 0.717) is 0 Å². The maximum atomic E-state index is 4.06. The second-order valence-corrected chi connectivity index (χ2v) is 2.20. The summed E-state index contributed by atoms with van der Waals surface area (Å²) in [5.41, 5.74) is 2.11. The average Bonchev–Trinajstić information content (AvgIpc) is 2.05. The van der Waals surface area contributed by atoms with Crippen LogP contribution in [0.2, 0.25) is 0 Å². The van der Waals surface area contributed by atoms with E-state index in [-0.39, 0.29) is 0 Å². The van der Waals surface area contributed by atoms with E-state index in [1.54, 1.807) is 7.05 Å². The molecule has 1 nitrogen and oxygen atoms in total. The van der Waals surface area contributed by atoms with Crippen molar-refractivity contribution in [3.8, 4) is 0 Å². The van der Waals surface area contributed by atoms with E-state index in [0.717, 1.165) is 17.7 Å². The molecule has 0 bridgehead atoms. The summed E-state index contributed by atoms with van der Waals surface area (Å²) in [6.45, 7) is 9.30. The Morgan fingerprint density at radius 1 is 1.45 bits per heavy atom. The summed E-state index contributed by atoms with van der Waals surface area (Å²) >= 11 is 0. The largest absolute Gasteiger partial charge is 0.293 e. The molecule has 0 aliphatic carbocycles. The second kappa shape index (κ2) is 5.66. The predicted octanol–water partition coefficient (Wildman–Crippen LogP) is 2.77. The van der Waals surface area contributed by atoms with Crippen LogP contribution in [0.15, 0.2) is 42.0 Å². The Bertz CT molecular complexity index is 197. The first-order valence-electron chi connectivity index (χ1n) is 3.63. The van der Waals surface area contributed by atoms with Crippen molar-refractivity contribution in [2.75, 3.05) is 7.05 Å². The first-order chi connectivity index (χ1) is 5.26. The monoisotopic (exact) mass is 149 g/mol. The van der Waals surface area contributed by atoms with Gasteiger partial charge in [0.1, 0.15) is 0 Å². The van der Waals surface area contributed by atoms with E-state index in [4.69, 9.17) is 0 Å². The minimum absolute atomic E-state index is 0.869. The van der Waals surface area contributed by atoms with E-state index in [1.165, 1.54) is 0 Å². The lowest BCUT2D eigenvalue weighted by atomic mass is 10.1. The highest BCUT2D eigenvalue weighted by Gasteiger charge is 1.92. The first kappa shape index (κ1) is 9.89. The van der Waals surface area contributed by atoms with E-state index in [2.05, 4.69) is 24.2 Å². The van der Waals surface area contributed by atoms with Crippen molar-refractivity contribution in [2.45, 2.75) is 13.3 Å². The van der Waals surface area contributed by atoms with Crippen LogP contribution in [0.25, 0.3) is 0 Å². The minimum Gasteiger partial charge on any atom is -0.293 e. The highest BCUT2D eigenvalue weighted by molar-refractivity contribution is 6.00. The molecule has 0 atom stereocenters. The van der Waals surface area contributed by atoms with Crippen molar-refractivity contribution >= 4 is 5.71 Å². The summed E-state index contributed by atoms with van der Waals surface area (Å²) < 4.78 is 0. The molecule has 0 amide bonds. The molecule has 0 rings (SSSR count). The molecule has 0 aliphatic rings. The van der Waals surface area contributed by atoms with Crippen LogP contribution in [0.4, 0.5) is 0 Å². The highest BCUT2D eigenvalue weighted by atomic mass is 14.7. The Hall–Kier alpha value is -1.11. The van der Waals surface area contributed by atoms with Gasteiger partial charge in [-0.05, 0) is 18.9 Å². The first-order valence-corrected chi connectivity index (χ1v) is 3.63. The normalized spacial score (nSPS) is 12.9. The summed E-state index contributed by atoms with van der Waals surface area (Å²) in [6, 6.07) is 0. The van der Waals surface area contributed by atoms with Gasteiger partial charge < -0.3 is 0 Å². The summed E-state index contributed by atoms with van der Waals surface area (Å²) in [6.07, 6.45) is 6.59. The molecule has 0 radical (unpaired) electrons. The highest BCUT2D eigenvalue weighted by Crippen LogP contribution is 2.01. The van der Waals surface area contributed by atoms with Gasteiger partial charge in [0.25, 0.3) is 0 Å². The van der Waals surface area contributed by atoms with Gasteiger partial charge in [0.2, 0.25) is 0 Å². The number of hydrogen-bond acceptors (Lipinski definition) is 1. The molecule has 0 saturated carbocycles. The van der Waals surface area contributed by atoms with E-state index in [9.17, 15) is 0 Å². The minimum atomic E-state index is 0.869. The summed E-state index contributed by atoms with van der Waals surface area (Å²) in [5, 5.41) is 0. The standard InChI is InChI=1S/C10H15N/c1-5-7-8-10(6-2)9(3)11-4/h5-6,8H,1-2,7H2,3-4H3/b10-8+,11-9?. The van der Waals surface area contributed by atoms with Gasteiger partial charge in [0.05, 0.1) is 0 Å². The van der Waals surface area contributed by atoms with Crippen molar-refractivity contribution in [3.05, 3.63) is 37.0 Å². The van der Waals surface area contributed by atoms with Gasteiger partial charge in [-0.15, -0.1) is 6.58 Å². The Labute approximate surface area is 68.9 Å². The number of rotatable bonds is 4. The van der Waals surface area contributed by atoms with Crippen LogP contribution in [-0.4, -0.2) is 12.8 Å². The fourth-order valence-electron chi connectivity index (χ4n) is 0.718. The molecule has 0 aromatic heterocycles. The van der Waals surface area contributed by atoms with Crippen molar-refractivity contribution in [1.82, 2.24) is 0 Å². The summed E-state index contributed by atoms with van der Waals surface area (Å²) in [7, 11) is 1.78. The number of hydrogen-bond donors (Lipinski definition) is 0. The maximum Gasteiger partial charge on any atom is 0.0382 e. The SMILES string of the molecule is C=CC/C=C(\C=C)C(C)=NC. The summed E-state index contributed by atoms with van der Waals surface area (Å²) in [4.78, 5) is 4.06.